The Morgan fingerprint density at radius 2 is 1.67 bits per heavy atom. The molecule has 1 saturated carbocycles. The van der Waals surface area contributed by atoms with E-state index in [1.807, 2.05) is 0 Å². The van der Waals surface area contributed by atoms with Crippen LogP contribution >= 0.6 is 0 Å². The van der Waals surface area contributed by atoms with Crippen LogP contribution in [0.3, 0.4) is 0 Å². The fraction of sp³-hybridized carbons (Fsp3) is 0.950. The molecule has 8 unspecified atom stereocenters. The summed E-state index contributed by atoms with van der Waals surface area (Å²) in [7, 11) is 0. The summed E-state index contributed by atoms with van der Waals surface area (Å²) in [5.74, 6) is -3.80. The second-order valence-corrected chi connectivity index (χ2v) is 8.79. The van der Waals surface area contributed by atoms with Crippen LogP contribution in [0.2, 0.25) is 0 Å². The van der Waals surface area contributed by atoms with Gasteiger partial charge in [0.2, 0.25) is 0 Å². The number of hydrogen-bond acceptors (Lipinski definition) is 3. The molecule has 7 heteroatoms. The summed E-state index contributed by atoms with van der Waals surface area (Å²) >= 11 is 0. The Balaban J connectivity index is 1.56. The first kappa shape index (κ1) is 21.0. The Hall–Kier alpha value is -0.690. The van der Waals surface area contributed by atoms with E-state index in [9.17, 15) is 22.4 Å². The van der Waals surface area contributed by atoms with Crippen molar-refractivity contribution in [2.45, 2.75) is 76.9 Å². The minimum absolute atomic E-state index is 0.122. The van der Waals surface area contributed by atoms with E-state index in [0.717, 1.165) is 25.9 Å². The standard InChI is InChI=1S/C20H30F4O3/c1-11-3-7-15(26-9-11)13-5-8-16(27-10-13)19(25)14-6-4-12(2)17(18(14)21)20(22,23)24/h11-18H,3-10H2,1-2H3. The number of carbonyl (C=O) groups is 1. The maximum Gasteiger partial charge on any atom is 0.394 e. The smallest absolute Gasteiger partial charge is 0.378 e. The van der Waals surface area contributed by atoms with E-state index in [2.05, 4.69) is 6.92 Å². The lowest BCUT2D eigenvalue weighted by Crippen LogP contribution is -2.49. The molecular weight excluding hydrogens is 364 g/mol. The van der Waals surface area contributed by atoms with Gasteiger partial charge in [-0.3, -0.25) is 4.79 Å². The summed E-state index contributed by atoms with van der Waals surface area (Å²) in [6.45, 7) is 4.65. The Morgan fingerprint density at radius 1 is 0.926 bits per heavy atom. The highest BCUT2D eigenvalue weighted by atomic mass is 19.4. The molecule has 0 aromatic carbocycles. The molecule has 8 atom stereocenters. The Bertz CT molecular complexity index is 508. The second-order valence-electron chi connectivity index (χ2n) is 8.79. The molecular formula is C20H30F4O3. The number of ketones is 1. The third-order valence-electron chi connectivity index (χ3n) is 6.71. The van der Waals surface area contributed by atoms with Crippen LogP contribution in [0.15, 0.2) is 0 Å². The first-order valence-corrected chi connectivity index (χ1v) is 10.2. The SMILES string of the molecule is CC1CCC(C2CCC(C(=O)C3CCC(C)C(C(F)(F)F)C3F)OC2)OC1. The van der Waals surface area contributed by atoms with Crippen molar-refractivity contribution >= 4 is 5.78 Å². The van der Waals surface area contributed by atoms with Crippen LogP contribution in [-0.2, 0) is 14.3 Å². The number of halogens is 4. The molecule has 0 N–H and O–H groups in total. The van der Waals surface area contributed by atoms with Gasteiger partial charge in [0.25, 0.3) is 0 Å². The third-order valence-corrected chi connectivity index (χ3v) is 6.71. The number of hydrogen-bond donors (Lipinski definition) is 0. The molecule has 3 rings (SSSR count). The van der Waals surface area contributed by atoms with Crippen LogP contribution < -0.4 is 0 Å². The molecule has 156 valence electrons. The highest BCUT2D eigenvalue weighted by Gasteiger charge is 2.55. The van der Waals surface area contributed by atoms with Crippen molar-refractivity contribution in [2.75, 3.05) is 13.2 Å². The van der Waals surface area contributed by atoms with Crippen molar-refractivity contribution < 1.29 is 31.8 Å². The quantitative estimate of drug-likeness (QED) is 0.650. The predicted molar refractivity (Wildman–Crippen MR) is 91.9 cm³/mol. The van der Waals surface area contributed by atoms with E-state index in [4.69, 9.17) is 9.47 Å². The van der Waals surface area contributed by atoms with E-state index in [-0.39, 0.29) is 24.9 Å². The van der Waals surface area contributed by atoms with Gasteiger partial charge in [0.1, 0.15) is 12.3 Å². The average Bonchev–Trinajstić information content (AvgIpc) is 2.61. The largest absolute Gasteiger partial charge is 0.394 e. The van der Waals surface area contributed by atoms with Crippen LogP contribution in [0.25, 0.3) is 0 Å². The van der Waals surface area contributed by atoms with Crippen molar-refractivity contribution in [1.29, 1.82) is 0 Å². The summed E-state index contributed by atoms with van der Waals surface area (Å²) in [4.78, 5) is 12.7. The van der Waals surface area contributed by atoms with Crippen molar-refractivity contribution in [3.8, 4) is 0 Å². The zero-order valence-corrected chi connectivity index (χ0v) is 16.0. The molecule has 0 amide bonds. The monoisotopic (exact) mass is 394 g/mol. The fourth-order valence-electron chi connectivity index (χ4n) is 4.95. The maximum absolute atomic E-state index is 14.7. The lowest BCUT2D eigenvalue weighted by molar-refractivity contribution is -0.219. The Labute approximate surface area is 158 Å². The molecule has 0 aromatic rings. The predicted octanol–water partition coefficient (Wildman–Crippen LogP) is 4.73. The molecule has 1 aliphatic carbocycles. The maximum atomic E-state index is 14.7. The third kappa shape index (κ3) is 4.66. The van der Waals surface area contributed by atoms with Gasteiger partial charge in [-0.15, -0.1) is 0 Å². The van der Waals surface area contributed by atoms with Crippen molar-refractivity contribution in [3.63, 3.8) is 0 Å². The van der Waals surface area contributed by atoms with Crippen LogP contribution in [0.4, 0.5) is 17.6 Å². The summed E-state index contributed by atoms with van der Waals surface area (Å²) in [5, 5.41) is 0. The average molecular weight is 394 g/mol. The lowest BCUT2D eigenvalue weighted by Gasteiger charge is -2.40. The fourth-order valence-corrected chi connectivity index (χ4v) is 4.95. The van der Waals surface area contributed by atoms with E-state index in [1.165, 1.54) is 6.92 Å². The van der Waals surface area contributed by atoms with Gasteiger partial charge >= 0.3 is 6.18 Å². The topological polar surface area (TPSA) is 35.5 Å². The van der Waals surface area contributed by atoms with E-state index in [0.29, 0.717) is 18.9 Å². The summed E-state index contributed by atoms with van der Waals surface area (Å²) in [6, 6.07) is 0. The Kier molecular flexibility index (Phi) is 6.51. The van der Waals surface area contributed by atoms with E-state index >= 15 is 0 Å². The molecule has 3 fully saturated rings. The number of alkyl halides is 4. The molecule has 2 heterocycles. The zero-order valence-electron chi connectivity index (χ0n) is 16.0. The van der Waals surface area contributed by atoms with Gasteiger partial charge in [-0.2, -0.15) is 13.2 Å². The summed E-state index contributed by atoms with van der Waals surface area (Å²) in [6.07, 6.45) is -3.83. The molecule has 0 bridgehead atoms. The van der Waals surface area contributed by atoms with Gasteiger partial charge in [0.15, 0.2) is 5.78 Å². The lowest BCUT2D eigenvalue weighted by atomic mass is 9.70. The van der Waals surface area contributed by atoms with Crippen LogP contribution in [0, 0.1) is 29.6 Å². The summed E-state index contributed by atoms with van der Waals surface area (Å²) < 4.78 is 65.9. The normalized spacial score (nSPS) is 44.1. The molecule has 27 heavy (non-hydrogen) atoms. The first-order chi connectivity index (χ1) is 12.7. The molecule has 0 spiro atoms. The van der Waals surface area contributed by atoms with Gasteiger partial charge in [0, 0.05) is 12.5 Å². The number of carbonyl (C=O) groups excluding carboxylic acids is 1. The second kappa shape index (κ2) is 8.36. The Morgan fingerprint density at radius 3 is 2.22 bits per heavy atom. The molecule has 0 radical (unpaired) electrons. The van der Waals surface area contributed by atoms with Crippen molar-refractivity contribution in [2.24, 2.45) is 29.6 Å². The molecule has 0 aromatic heterocycles. The van der Waals surface area contributed by atoms with Gasteiger partial charge in [-0.05, 0) is 50.4 Å². The van der Waals surface area contributed by atoms with E-state index < -0.39 is 42.0 Å². The van der Waals surface area contributed by atoms with Gasteiger partial charge in [0.05, 0.1) is 24.5 Å². The van der Waals surface area contributed by atoms with Crippen LogP contribution in [0.1, 0.15) is 52.4 Å². The van der Waals surface area contributed by atoms with Crippen molar-refractivity contribution in [1.82, 2.24) is 0 Å². The number of ether oxygens (including phenoxy) is 2. The van der Waals surface area contributed by atoms with Gasteiger partial charge in [-0.1, -0.05) is 13.8 Å². The minimum atomic E-state index is -4.62. The highest BCUT2D eigenvalue weighted by molar-refractivity contribution is 5.86. The zero-order chi connectivity index (χ0) is 19.8. The number of Topliss-reactive ketones (excluding diaryl/α,β-unsaturated/α-hetero) is 1. The van der Waals surface area contributed by atoms with Crippen LogP contribution in [-0.4, -0.2) is 43.6 Å². The van der Waals surface area contributed by atoms with Crippen molar-refractivity contribution in [3.05, 3.63) is 0 Å². The molecule has 3 nitrogen and oxygen atoms in total. The van der Waals surface area contributed by atoms with Crippen LogP contribution in [0.5, 0.6) is 0 Å². The van der Waals surface area contributed by atoms with Gasteiger partial charge in [-0.25, -0.2) is 4.39 Å². The minimum Gasteiger partial charge on any atom is -0.378 e. The molecule has 3 aliphatic rings. The molecule has 2 saturated heterocycles. The van der Waals surface area contributed by atoms with E-state index in [1.54, 1.807) is 0 Å². The first-order valence-electron chi connectivity index (χ1n) is 10.2. The number of rotatable bonds is 3. The summed E-state index contributed by atoms with van der Waals surface area (Å²) in [5.41, 5.74) is 0. The highest BCUT2D eigenvalue weighted by Crippen LogP contribution is 2.46. The molecule has 2 aliphatic heterocycles. The van der Waals surface area contributed by atoms with Gasteiger partial charge < -0.3 is 9.47 Å².